The van der Waals surface area contributed by atoms with E-state index in [0.29, 0.717) is 6.42 Å². The Balaban J connectivity index is 3.42. The molecule has 2 atom stereocenters. The van der Waals surface area contributed by atoms with Gasteiger partial charge in [-0.15, -0.1) is 0 Å². The highest BCUT2D eigenvalue weighted by molar-refractivity contribution is 5.76. The molecule has 0 bridgehead atoms. The minimum absolute atomic E-state index is 0.0659. The van der Waals surface area contributed by atoms with Gasteiger partial charge in [0.15, 0.2) is 0 Å². The Hall–Kier alpha value is -1.13. The first-order valence-corrected chi connectivity index (χ1v) is 30.6. The summed E-state index contributed by atoms with van der Waals surface area (Å²) < 4.78 is 0. The zero-order valence-corrected chi connectivity index (χ0v) is 45.2. The Morgan fingerprint density at radius 1 is 0.348 bits per heavy atom. The van der Waals surface area contributed by atoms with E-state index in [0.717, 1.165) is 32.1 Å². The smallest absolute Gasteiger partial charge is 0.220 e. The summed E-state index contributed by atoms with van der Waals surface area (Å²) in [6.45, 7) is 4.34. The van der Waals surface area contributed by atoms with Gasteiger partial charge in [0.1, 0.15) is 0 Å². The minimum atomic E-state index is -0.860. The second kappa shape index (κ2) is 58.2. The number of hydrogen-bond acceptors (Lipinski definition) is 3. The number of rotatable bonds is 57. The van der Waals surface area contributed by atoms with Gasteiger partial charge in [-0.05, 0) is 32.1 Å². The van der Waals surface area contributed by atoms with Crippen molar-refractivity contribution in [3.8, 4) is 0 Å². The van der Waals surface area contributed by atoms with Gasteiger partial charge in [0.05, 0.1) is 18.8 Å². The van der Waals surface area contributed by atoms with E-state index in [4.69, 9.17) is 0 Å². The molecule has 4 heteroatoms. The van der Waals surface area contributed by atoms with Crippen LogP contribution in [-0.4, -0.2) is 34.9 Å². The van der Waals surface area contributed by atoms with Crippen molar-refractivity contribution in [2.75, 3.05) is 6.61 Å². The summed E-state index contributed by atoms with van der Waals surface area (Å²) in [5.41, 5.74) is 0. The Morgan fingerprint density at radius 2 is 0.591 bits per heavy atom. The second-order valence-electron chi connectivity index (χ2n) is 21.1. The third-order valence-corrected chi connectivity index (χ3v) is 14.4. The van der Waals surface area contributed by atoms with Gasteiger partial charge in [-0.1, -0.05) is 334 Å². The van der Waals surface area contributed by atoms with Crippen molar-refractivity contribution < 1.29 is 15.0 Å². The van der Waals surface area contributed by atoms with Crippen LogP contribution in [0.5, 0.6) is 0 Å². The molecule has 0 aromatic heterocycles. The molecule has 392 valence electrons. The molecule has 0 rings (SSSR count). The average molecular weight is 929 g/mol. The van der Waals surface area contributed by atoms with Gasteiger partial charge in [-0.25, -0.2) is 0 Å². The molecule has 0 aliphatic rings. The van der Waals surface area contributed by atoms with Crippen LogP contribution >= 0.6 is 0 Å². The van der Waals surface area contributed by atoms with Gasteiger partial charge >= 0.3 is 0 Å². The lowest BCUT2D eigenvalue weighted by Gasteiger charge is -2.19. The van der Waals surface area contributed by atoms with Crippen LogP contribution in [0.3, 0.4) is 0 Å². The Bertz CT molecular complexity index is 963. The van der Waals surface area contributed by atoms with Crippen LogP contribution in [-0.2, 0) is 4.79 Å². The molecule has 0 fully saturated rings. The molecule has 0 aromatic carbocycles. The van der Waals surface area contributed by atoms with Crippen LogP contribution in [0.15, 0.2) is 24.3 Å². The lowest BCUT2D eigenvalue weighted by molar-refractivity contribution is -0.123. The van der Waals surface area contributed by atoms with Crippen molar-refractivity contribution in [1.82, 2.24) is 5.32 Å². The summed E-state index contributed by atoms with van der Waals surface area (Å²) in [7, 11) is 0. The number of nitrogens with one attached hydrogen (secondary N) is 1. The van der Waals surface area contributed by atoms with Crippen molar-refractivity contribution in [3.05, 3.63) is 24.3 Å². The van der Waals surface area contributed by atoms with Gasteiger partial charge in [0.25, 0.3) is 0 Å². The van der Waals surface area contributed by atoms with E-state index in [1.807, 2.05) is 6.08 Å². The fourth-order valence-corrected chi connectivity index (χ4v) is 9.79. The van der Waals surface area contributed by atoms with Crippen LogP contribution in [0, 0.1) is 0 Å². The van der Waals surface area contributed by atoms with Crippen molar-refractivity contribution in [1.29, 1.82) is 0 Å². The molecule has 1 amide bonds. The maximum absolute atomic E-state index is 12.5. The molecule has 2 unspecified atom stereocenters. The van der Waals surface area contributed by atoms with Gasteiger partial charge in [0, 0.05) is 6.42 Å². The minimum Gasteiger partial charge on any atom is -0.394 e. The van der Waals surface area contributed by atoms with Crippen LogP contribution in [0.1, 0.15) is 348 Å². The normalized spacial score (nSPS) is 12.8. The highest BCUT2D eigenvalue weighted by atomic mass is 16.3. The van der Waals surface area contributed by atoms with Crippen molar-refractivity contribution in [2.45, 2.75) is 360 Å². The number of carbonyl (C=O) groups excluding carboxylic acids is 1. The molecule has 3 N–H and O–H groups in total. The third kappa shape index (κ3) is 53.8. The lowest BCUT2D eigenvalue weighted by Crippen LogP contribution is -2.45. The second-order valence-corrected chi connectivity index (χ2v) is 21.1. The monoisotopic (exact) mass is 928 g/mol. The number of hydrogen-bond donors (Lipinski definition) is 3. The molecule has 0 aromatic rings. The number of carbonyl (C=O) groups is 1. The largest absolute Gasteiger partial charge is 0.394 e. The average Bonchev–Trinajstić information content (AvgIpc) is 3.32. The molecule has 0 aliphatic heterocycles. The van der Waals surface area contributed by atoms with E-state index in [9.17, 15) is 15.0 Å². The molecule has 0 aliphatic carbocycles. The standard InChI is InChI=1S/C62H121NO3/c1-3-5-7-9-11-13-15-17-19-21-23-25-26-27-28-29-30-31-32-33-34-35-36-37-38-40-42-44-46-48-50-52-54-56-58-62(66)63-60(59-64)61(65)57-55-53-51-49-47-45-43-41-39-24-22-20-18-16-14-12-10-8-6-4-2/h47,49,55,57,60-61,64-65H,3-46,48,50-54,56,58-59H2,1-2H3,(H,63,66)/b49-47+,57-55+. The van der Waals surface area contributed by atoms with E-state index in [-0.39, 0.29) is 12.5 Å². The fourth-order valence-electron chi connectivity index (χ4n) is 9.79. The molecule has 66 heavy (non-hydrogen) atoms. The van der Waals surface area contributed by atoms with Gasteiger partial charge in [-0.3, -0.25) is 4.79 Å². The number of allylic oxidation sites excluding steroid dienone is 3. The summed E-state index contributed by atoms with van der Waals surface area (Å²) in [5, 5.41) is 23.2. The zero-order chi connectivity index (χ0) is 47.7. The zero-order valence-electron chi connectivity index (χ0n) is 45.2. The Labute approximate surface area is 415 Å². The molecule has 0 radical (unpaired) electrons. The first-order valence-electron chi connectivity index (χ1n) is 30.6. The van der Waals surface area contributed by atoms with Crippen LogP contribution in [0.4, 0.5) is 0 Å². The van der Waals surface area contributed by atoms with Crippen LogP contribution in [0.25, 0.3) is 0 Å². The van der Waals surface area contributed by atoms with Gasteiger partial charge < -0.3 is 15.5 Å². The highest BCUT2D eigenvalue weighted by Crippen LogP contribution is 2.18. The summed E-state index contributed by atoms with van der Waals surface area (Å²) >= 11 is 0. The molecule has 0 saturated heterocycles. The summed E-state index contributed by atoms with van der Waals surface area (Å²) in [5.74, 6) is -0.0659. The van der Waals surface area contributed by atoms with Crippen LogP contribution in [0.2, 0.25) is 0 Å². The van der Waals surface area contributed by atoms with Crippen molar-refractivity contribution >= 4 is 5.91 Å². The van der Waals surface area contributed by atoms with E-state index in [1.165, 1.54) is 295 Å². The first kappa shape index (κ1) is 64.9. The molecule has 4 nitrogen and oxygen atoms in total. The summed E-state index contributed by atoms with van der Waals surface area (Å²) in [4.78, 5) is 12.5. The Kier molecular flexibility index (Phi) is 57.2. The number of amides is 1. The topological polar surface area (TPSA) is 69.6 Å². The molecule has 0 spiro atoms. The molecule has 0 heterocycles. The summed E-state index contributed by atoms with van der Waals surface area (Å²) in [6, 6.07) is -0.636. The maximum atomic E-state index is 12.5. The van der Waals surface area contributed by atoms with E-state index in [2.05, 4.69) is 31.3 Å². The first-order chi connectivity index (χ1) is 32.7. The quantitative estimate of drug-likeness (QED) is 0.0420. The summed E-state index contributed by atoms with van der Waals surface area (Å²) in [6.07, 6.45) is 78.1. The number of aliphatic hydroxyl groups excluding tert-OH is 2. The van der Waals surface area contributed by atoms with Crippen molar-refractivity contribution in [3.63, 3.8) is 0 Å². The van der Waals surface area contributed by atoms with E-state index in [1.54, 1.807) is 6.08 Å². The number of unbranched alkanes of at least 4 members (excludes halogenated alkanes) is 48. The van der Waals surface area contributed by atoms with Gasteiger partial charge in [-0.2, -0.15) is 0 Å². The predicted octanol–water partition coefficient (Wildman–Crippen LogP) is 20.3. The molecular formula is C62H121NO3. The van der Waals surface area contributed by atoms with Crippen LogP contribution < -0.4 is 5.32 Å². The number of aliphatic hydroxyl groups is 2. The fraction of sp³-hybridized carbons (Fsp3) is 0.919. The van der Waals surface area contributed by atoms with Gasteiger partial charge in [0.2, 0.25) is 5.91 Å². The predicted molar refractivity (Wildman–Crippen MR) is 295 cm³/mol. The lowest BCUT2D eigenvalue weighted by atomic mass is 10.0. The molecular weight excluding hydrogens is 807 g/mol. The Morgan fingerprint density at radius 3 is 0.879 bits per heavy atom. The third-order valence-electron chi connectivity index (χ3n) is 14.4. The maximum Gasteiger partial charge on any atom is 0.220 e. The van der Waals surface area contributed by atoms with E-state index >= 15 is 0 Å². The van der Waals surface area contributed by atoms with E-state index < -0.39 is 12.1 Å². The SMILES string of the molecule is CCCCCCCCCCCCCCCC/C=C/CC/C=C/C(O)C(CO)NC(=O)CCCCCCCCCCCCCCCCCCCCCCCCCCCCCCCCCCCC. The molecule has 0 saturated carbocycles. The van der Waals surface area contributed by atoms with Crippen molar-refractivity contribution in [2.24, 2.45) is 0 Å². The highest BCUT2D eigenvalue weighted by Gasteiger charge is 2.18.